The predicted molar refractivity (Wildman–Crippen MR) is 79.4 cm³/mol. The van der Waals surface area contributed by atoms with Crippen molar-refractivity contribution >= 4 is 21.7 Å². The lowest BCUT2D eigenvalue weighted by atomic mass is 9.86. The lowest BCUT2D eigenvalue weighted by molar-refractivity contribution is -0.157. The maximum atomic E-state index is 12.9. The summed E-state index contributed by atoms with van der Waals surface area (Å²) in [7, 11) is -3.12. The van der Waals surface area contributed by atoms with Crippen LogP contribution in [0, 0.1) is 0 Å². The number of carbonyl (C=O) groups excluding carboxylic acids is 2. The first-order chi connectivity index (χ1) is 9.76. The fraction of sp³-hybridized carbons (Fsp3) is 0.857. The highest BCUT2D eigenvalue weighted by Crippen LogP contribution is 2.29. The van der Waals surface area contributed by atoms with Crippen LogP contribution >= 0.6 is 0 Å². The van der Waals surface area contributed by atoms with Crippen LogP contribution in [0.2, 0.25) is 0 Å². The third-order valence-electron chi connectivity index (χ3n) is 4.84. The Morgan fingerprint density at radius 3 is 2.43 bits per heavy atom. The second-order valence-corrected chi connectivity index (χ2v) is 8.31. The van der Waals surface area contributed by atoms with Crippen molar-refractivity contribution in [1.82, 2.24) is 10.2 Å². The second kappa shape index (κ2) is 5.59. The molecule has 0 spiro atoms. The lowest BCUT2D eigenvalue weighted by Crippen LogP contribution is -2.71. The third kappa shape index (κ3) is 2.80. The van der Waals surface area contributed by atoms with Gasteiger partial charge >= 0.3 is 0 Å². The Morgan fingerprint density at radius 1 is 1.29 bits per heavy atom. The van der Waals surface area contributed by atoms with Gasteiger partial charge < -0.3 is 10.2 Å². The Hall–Kier alpha value is -1.11. The summed E-state index contributed by atoms with van der Waals surface area (Å²) in [5.41, 5.74) is -0.884. The van der Waals surface area contributed by atoms with Crippen molar-refractivity contribution in [2.75, 3.05) is 11.5 Å². The molecular formula is C14H24N2O4S. The third-order valence-corrected chi connectivity index (χ3v) is 6.65. The van der Waals surface area contributed by atoms with Crippen LogP contribution in [0.15, 0.2) is 0 Å². The number of amides is 2. The second-order valence-electron chi connectivity index (χ2n) is 6.08. The van der Waals surface area contributed by atoms with Gasteiger partial charge in [0, 0.05) is 6.04 Å². The molecule has 0 aliphatic carbocycles. The van der Waals surface area contributed by atoms with Crippen molar-refractivity contribution in [2.45, 2.75) is 64.1 Å². The van der Waals surface area contributed by atoms with Gasteiger partial charge in [0.2, 0.25) is 11.8 Å². The minimum atomic E-state index is -3.12. The molecular weight excluding hydrogens is 292 g/mol. The average Bonchev–Trinajstić information content (AvgIpc) is 2.42. The van der Waals surface area contributed by atoms with Gasteiger partial charge in [0.25, 0.3) is 0 Å². The van der Waals surface area contributed by atoms with Crippen molar-refractivity contribution in [1.29, 1.82) is 0 Å². The van der Waals surface area contributed by atoms with Crippen LogP contribution < -0.4 is 5.32 Å². The van der Waals surface area contributed by atoms with E-state index in [9.17, 15) is 18.0 Å². The van der Waals surface area contributed by atoms with E-state index in [-0.39, 0.29) is 29.4 Å². The van der Waals surface area contributed by atoms with E-state index in [0.29, 0.717) is 25.7 Å². The fourth-order valence-corrected chi connectivity index (χ4v) is 5.06. The molecule has 0 saturated carbocycles. The Labute approximate surface area is 126 Å². The molecule has 2 amide bonds. The average molecular weight is 316 g/mol. The van der Waals surface area contributed by atoms with E-state index in [1.165, 1.54) is 4.90 Å². The normalized spacial score (nSPS) is 31.9. The summed E-state index contributed by atoms with van der Waals surface area (Å²) in [6, 6.07) is -0.989. The topological polar surface area (TPSA) is 83.6 Å². The molecule has 0 radical (unpaired) electrons. The van der Waals surface area contributed by atoms with Crippen LogP contribution in [0.4, 0.5) is 0 Å². The number of hydrogen-bond donors (Lipinski definition) is 1. The van der Waals surface area contributed by atoms with E-state index in [2.05, 4.69) is 5.32 Å². The number of nitrogens with zero attached hydrogens (tertiary/aromatic N) is 1. The molecule has 0 aromatic carbocycles. The van der Waals surface area contributed by atoms with Crippen LogP contribution in [0.3, 0.4) is 0 Å². The highest BCUT2D eigenvalue weighted by Gasteiger charge is 2.50. The van der Waals surface area contributed by atoms with Gasteiger partial charge in [-0.05, 0) is 32.6 Å². The molecule has 0 aromatic heterocycles. The molecule has 2 atom stereocenters. The lowest BCUT2D eigenvalue weighted by Gasteiger charge is -2.48. The van der Waals surface area contributed by atoms with Gasteiger partial charge in [-0.2, -0.15) is 0 Å². The SMILES string of the molecule is CCC1(CC)NC(=O)C(C)N(C2CCCS(=O)(=O)C2)C1=O. The molecule has 1 N–H and O–H groups in total. The predicted octanol–water partition coefficient (Wildman–Crippen LogP) is 0.469. The molecule has 2 aliphatic rings. The standard InChI is InChI=1S/C14H24N2O4S/c1-4-14(5-2)13(18)16(10(3)12(17)15-14)11-7-6-8-21(19,20)9-11/h10-11H,4-9H2,1-3H3,(H,15,17). The summed E-state index contributed by atoms with van der Waals surface area (Å²) in [6.45, 7) is 5.41. The molecule has 120 valence electrons. The number of rotatable bonds is 3. The van der Waals surface area contributed by atoms with Gasteiger partial charge in [0.1, 0.15) is 11.6 Å². The molecule has 2 aliphatic heterocycles. The van der Waals surface area contributed by atoms with Crippen molar-refractivity contribution in [3.05, 3.63) is 0 Å². The Bertz CT molecular complexity index is 539. The van der Waals surface area contributed by atoms with Crippen LogP contribution in [-0.2, 0) is 19.4 Å². The van der Waals surface area contributed by atoms with Crippen molar-refractivity contribution in [3.63, 3.8) is 0 Å². The molecule has 2 fully saturated rings. The minimum absolute atomic E-state index is 0.0279. The number of sulfone groups is 1. The zero-order valence-electron chi connectivity index (χ0n) is 12.9. The highest BCUT2D eigenvalue weighted by atomic mass is 32.2. The molecule has 21 heavy (non-hydrogen) atoms. The van der Waals surface area contributed by atoms with E-state index in [1.807, 2.05) is 13.8 Å². The van der Waals surface area contributed by atoms with Crippen LogP contribution in [0.5, 0.6) is 0 Å². The van der Waals surface area contributed by atoms with Gasteiger partial charge in [-0.25, -0.2) is 8.42 Å². The van der Waals surface area contributed by atoms with Crippen molar-refractivity contribution in [2.24, 2.45) is 0 Å². The molecule has 0 aromatic rings. The van der Waals surface area contributed by atoms with Gasteiger partial charge in [-0.3, -0.25) is 9.59 Å². The summed E-state index contributed by atoms with van der Waals surface area (Å²) in [6.07, 6.45) is 2.22. The van der Waals surface area contributed by atoms with Gasteiger partial charge in [0.15, 0.2) is 9.84 Å². The summed E-state index contributed by atoms with van der Waals surface area (Å²) >= 11 is 0. The summed E-state index contributed by atoms with van der Waals surface area (Å²) < 4.78 is 23.7. The molecule has 6 nitrogen and oxygen atoms in total. The minimum Gasteiger partial charge on any atom is -0.340 e. The quantitative estimate of drug-likeness (QED) is 0.820. The number of carbonyl (C=O) groups is 2. The van der Waals surface area contributed by atoms with E-state index in [0.717, 1.165) is 0 Å². The molecule has 2 saturated heterocycles. The first-order valence-electron chi connectivity index (χ1n) is 7.61. The molecule has 2 unspecified atom stereocenters. The molecule has 7 heteroatoms. The van der Waals surface area contributed by atoms with E-state index in [1.54, 1.807) is 6.92 Å². The zero-order chi connectivity index (χ0) is 15.8. The van der Waals surface area contributed by atoms with Gasteiger partial charge in [-0.1, -0.05) is 13.8 Å². The summed E-state index contributed by atoms with van der Waals surface area (Å²) in [5, 5.41) is 2.84. The van der Waals surface area contributed by atoms with Crippen LogP contribution in [0.1, 0.15) is 46.5 Å². The van der Waals surface area contributed by atoms with Gasteiger partial charge in [0.05, 0.1) is 11.5 Å². The fourth-order valence-electron chi connectivity index (χ4n) is 3.37. The van der Waals surface area contributed by atoms with Crippen LogP contribution in [-0.4, -0.2) is 54.3 Å². The molecule has 2 heterocycles. The zero-order valence-corrected chi connectivity index (χ0v) is 13.7. The largest absolute Gasteiger partial charge is 0.340 e. The molecule has 2 rings (SSSR count). The van der Waals surface area contributed by atoms with E-state index >= 15 is 0 Å². The number of piperazine rings is 1. The maximum Gasteiger partial charge on any atom is 0.249 e. The summed E-state index contributed by atoms with van der Waals surface area (Å²) in [4.78, 5) is 26.7. The van der Waals surface area contributed by atoms with E-state index in [4.69, 9.17) is 0 Å². The van der Waals surface area contributed by atoms with Crippen molar-refractivity contribution in [3.8, 4) is 0 Å². The first-order valence-corrected chi connectivity index (χ1v) is 9.43. The highest BCUT2D eigenvalue weighted by molar-refractivity contribution is 7.91. The van der Waals surface area contributed by atoms with Crippen molar-refractivity contribution < 1.29 is 18.0 Å². The maximum absolute atomic E-state index is 12.9. The smallest absolute Gasteiger partial charge is 0.249 e. The van der Waals surface area contributed by atoms with Crippen LogP contribution in [0.25, 0.3) is 0 Å². The number of hydrogen-bond acceptors (Lipinski definition) is 4. The number of nitrogens with one attached hydrogen (secondary N) is 1. The van der Waals surface area contributed by atoms with Gasteiger partial charge in [-0.15, -0.1) is 0 Å². The van der Waals surface area contributed by atoms with E-state index < -0.39 is 21.4 Å². The Kier molecular flexibility index (Phi) is 4.33. The summed E-state index contributed by atoms with van der Waals surface area (Å²) in [5.74, 6) is -0.179. The first kappa shape index (κ1) is 16.3. The monoisotopic (exact) mass is 316 g/mol. The molecule has 0 bridgehead atoms. The Balaban J connectivity index is 2.35. The Morgan fingerprint density at radius 2 is 1.90 bits per heavy atom.